The Kier molecular flexibility index (Phi) is 7.31. The van der Waals surface area contributed by atoms with Crippen molar-refractivity contribution in [1.82, 2.24) is 4.90 Å². The molecule has 0 aliphatic rings. The number of nitrogens with zero attached hydrogens (tertiary/aromatic N) is 1. The number of benzene rings is 1. The van der Waals surface area contributed by atoms with Crippen molar-refractivity contribution in [2.24, 2.45) is 0 Å². The number of amides is 1. The lowest BCUT2D eigenvalue weighted by Gasteiger charge is -2.21. The standard InChI is InChI=1S/C14H17BrFNO4/c1-3-21-13(18)9-17(6-7-20-2)14(19)10-4-5-12(16)11(15)8-10/h4-5,8H,3,6-7,9H2,1-2H3. The Hall–Kier alpha value is -1.47. The number of carbonyl (C=O) groups is 2. The number of hydrogen-bond donors (Lipinski definition) is 0. The summed E-state index contributed by atoms with van der Waals surface area (Å²) in [5.41, 5.74) is 0.281. The van der Waals surface area contributed by atoms with Crippen LogP contribution in [0.15, 0.2) is 22.7 Å². The predicted molar refractivity (Wildman–Crippen MR) is 78.5 cm³/mol. The van der Waals surface area contributed by atoms with E-state index in [-0.39, 0.29) is 42.2 Å². The van der Waals surface area contributed by atoms with Gasteiger partial charge in [0, 0.05) is 19.2 Å². The Labute approximate surface area is 131 Å². The summed E-state index contributed by atoms with van der Waals surface area (Å²) >= 11 is 3.03. The van der Waals surface area contributed by atoms with Gasteiger partial charge in [-0.05, 0) is 41.1 Å². The molecule has 0 radical (unpaired) electrons. The maximum atomic E-state index is 13.2. The summed E-state index contributed by atoms with van der Waals surface area (Å²) in [6, 6.07) is 3.94. The second-order valence-corrected chi connectivity index (χ2v) is 5.01. The number of rotatable bonds is 7. The molecule has 0 aliphatic heterocycles. The zero-order valence-electron chi connectivity index (χ0n) is 11.9. The first-order valence-corrected chi connectivity index (χ1v) is 7.17. The Morgan fingerprint density at radius 2 is 2.10 bits per heavy atom. The van der Waals surface area contributed by atoms with Gasteiger partial charge < -0.3 is 14.4 Å². The molecule has 1 aromatic carbocycles. The number of methoxy groups -OCH3 is 1. The fourth-order valence-electron chi connectivity index (χ4n) is 1.63. The van der Waals surface area contributed by atoms with E-state index in [0.29, 0.717) is 0 Å². The van der Waals surface area contributed by atoms with Crippen LogP contribution in [0.3, 0.4) is 0 Å². The molecule has 7 heteroatoms. The zero-order chi connectivity index (χ0) is 15.8. The van der Waals surface area contributed by atoms with Crippen molar-refractivity contribution >= 4 is 27.8 Å². The summed E-state index contributed by atoms with van der Waals surface area (Å²) in [7, 11) is 1.50. The third-order valence-corrected chi connectivity index (χ3v) is 3.25. The molecule has 116 valence electrons. The summed E-state index contributed by atoms with van der Waals surface area (Å²) in [5, 5.41) is 0. The summed E-state index contributed by atoms with van der Waals surface area (Å²) < 4.78 is 23.2. The highest BCUT2D eigenvalue weighted by Gasteiger charge is 2.20. The van der Waals surface area contributed by atoms with Gasteiger partial charge in [-0.15, -0.1) is 0 Å². The topological polar surface area (TPSA) is 55.8 Å². The quantitative estimate of drug-likeness (QED) is 0.699. The smallest absolute Gasteiger partial charge is 0.325 e. The summed E-state index contributed by atoms with van der Waals surface area (Å²) in [4.78, 5) is 25.2. The largest absolute Gasteiger partial charge is 0.465 e. The molecule has 0 N–H and O–H groups in total. The lowest BCUT2D eigenvalue weighted by atomic mass is 10.2. The van der Waals surface area contributed by atoms with E-state index in [1.807, 2.05) is 0 Å². The van der Waals surface area contributed by atoms with Crippen LogP contribution in [0, 0.1) is 5.82 Å². The van der Waals surface area contributed by atoms with Gasteiger partial charge in [0.2, 0.25) is 0 Å². The van der Waals surface area contributed by atoms with Crippen LogP contribution in [0.2, 0.25) is 0 Å². The molecular weight excluding hydrogens is 345 g/mol. The Bertz CT molecular complexity index is 510. The third-order valence-electron chi connectivity index (χ3n) is 2.64. The lowest BCUT2D eigenvalue weighted by Crippen LogP contribution is -2.38. The van der Waals surface area contributed by atoms with Crippen molar-refractivity contribution < 1.29 is 23.5 Å². The first-order chi connectivity index (χ1) is 9.99. The second kappa shape index (κ2) is 8.74. The Morgan fingerprint density at radius 1 is 1.38 bits per heavy atom. The van der Waals surface area contributed by atoms with Crippen molar-refractivity contribution in [3.63, 3.8) is 0 Å². The van der Waals surface area contributed by atoms with Gasteiger partial charge in [0.05, 0.1) is 17.7 Å². The van der Waals surface area contributed by atoms with Crippen molar-refractivity contribution in [3.8, 4) is 0 Å². The Balaban J connectivity index is 2.87. The first-order valence-electron chi connectivity index (χ1n) is 6.38. The highest BCUT2D eigenvalue weighted by atomic mass is 79.9. The summed E-state index contributed by atoms with van der Waals surface area (Å²) in [6.07, 6.45) is 0. The molecule has 0 fully saturated rings. The van der Waals surface area contributed by atoms with E-state index in [2.05, 4.69) is 15.9 Å². The van der Waals surface area contributed by atoms with Crippen LogP contribution in [0.5, 0.6) is 0 Å². The zero-order valence-corrected chi connectivity index (χ0v) is 13.5. The van der Waals surface area contributed by atoms with Gasteiger partial charge in [-0.1, -0.05) is 0 Å². The average Bonchev–Trinajstić information content (AvgIpc) is 2.46. The van der Waals surface area contributed by atoms with Crippen molar-refractivity contribution in [3.05, 3.63) is 34.1 Å². The molecule has 0 unspecified atom stereocenters. The second-order valence-electron chi connectivity index (χ2n) is 4.15. The lowest BCUT2D eigenvalue weighted by molar-refractivity contribution is -0.143. The van der Waals surface area contributed by atoms with Crippen LogP contribution in [0.4, 0.5) is 4.39 Å². The molecule has 1 amide bonds. The molecule has 0 heterocycles. The molecule has 0 aliphatic carbocycles. The summed E-state index contributed by atoms with van der Waals surface area (Å²) in [6.45, 7) is 2.28. The van der Waals surface area contributed by atoms with Crippen LogP contribution in [0.25, 0.3) is 0 Å². The van der Waals surface area contributed by atoms with Crippen LogP contribution in [0.1, 0.15) is 17.3 Å². The molecule has 0 spiro atoms. The fraction of sp³-hybridized carbons (Fsp3) is 0.429. The molecular formula is C14H17BrFNO4. The molecule has 0 saturated carbocycles. The van der Waals surface area contributed by atoms with Crippen LogP contribution in [-0.2, 0) is 14.3 Å². The minimum absolute atomic E-state index is 0.176. The maximum Gasteiger partial charge on any atom is 0.325 e. The SMILES string of the molecule is CCOC(=O)CN(CCOC)C(=O)c1ccc(F)c(Br)c1. The first kappa shape index (κ1) is 17.6. The van der Waals surface area contributed by atoms with Gasteiger partial charge in [-0.2, -0.15) is 0 Å². The van der Waals surface area contributed by atoms with Crippen molar-refractivity contribution in [2.45, 2.75) is 6.92 Å². The molecule has 1 aromatic rings. The van der Waals surface area contributed by atoms with Crippen LogP contribution in [-0.4, -0.2) is 50.2 Å². The number of hydrogen-bond acceptors (Lipinski definition) is 4. The van der Waals surface area contributed by atoms with E-state index in [4.69, 9.17) is 9.47 Å². The fourth-order valence-corrected chi connectivity index (χ4v) is 2.01. The molecule has 21 heavy (non-hydrogen) atoms. The average molecular weight is 362 g/mol. The molecule has 1 rings (SSSR count). The molecule has 0 atom stereocenters. The van der Waals surface area contributed by atoms with Gasteiger partial charge in [0.25, 0.3) is 5.91 Å². The number of halogens is 2. The molecule has 0 saturated heterocycles. The van der Waals surface area contributed by atoms with E-state index < -0.39 is 11.8 Å². The van der Waals surface area contributed by atoms with Gasteiger partial charge in [-0.3, -0.25) is 9.59 Å². The van der Waals surface area contributed by atoms with Crippen molar-refractivity contribution in [2.75, 3.05) is 33.4 Å². The van der Waals surface area contributed by atoms with Crippen molar-refractivity contribution in [1.29, 1.82) is 0 Å². The number of esters is 1. The monoisotopic (exact) mass is 361 g/mol. The highest BCUT2D eigenvalue weighted by molar-refractivity contribution is 9.10. The summed E-state index contributed by atoms with van der Waals surface area (Å²) in [5.74, 6) is -1.34. The van der Waals surface area contributed by atoms with Crippen LogP contribution >= 0.6 is 15.9 Å². The predicted octanol–water partition coefficient (Wildman–Crippen LogP) is 2.24. The Morgan fingerprint density at radius 3 is 2.67 bits per heavy atom. The number of carbonyl (C=O) groups excluding carboxylic acids is 2. The van der Waals surface area contributed by atoms with Gasteiger partial charge in [0.1, 0.15) is 12.4 Å². The van der Waals surface area contributed by atoms with E-state index >= 15 is 0 Å². The minimum atomic E-state index is -0.497. The highest BCUT2D eigenvalue weighted by Crippen LogP contribution is 2.18. The third kappa shape index (κ3) is 5.43. The van der Waals surface area contributed by atoms with Gasteiger partial charge in [-0.25, -0.2) is 4.39 Å². The molecule has 5 nitrogen and oxygen atoms in total. The van der Waals surface area contributed by atoms with E-state index in [1.54, 1.807) is 6.92 Å². The molecule has 0 bridgehead atoms. The van der Waals surface area contributed by atoms with E-state index in [9.17, 15) is 14.0 Å². The van der Waals surface area contributed by atoms with E-state index in [1.165, 1.54) is 30.2 Å². The van der Waals surface area contributed by atoms with Gasteiger partial charge in [0.15, 0.2) is 0 Å². The molecule has 0 aromatic heterocycles. The van der Waals surface area contributed by atoms with Crippen LogP contribution < -0.4 is 0 Å². The number of ether oxygens (including phenoxy) is 2. The van der Waals surface area contributed by atoms with Gasteiger partial charge >= 0.3 is 5.97 Å². The van der Waals surface area contributed by atoms with E-state index in [0.717, 1.165) is 0 Å². The normalized spacial score (nSPS) is 10.3. The minimum Gasteiger partial charge on any atom is -0.465 e. The maximum absolute atomic E-state index is 13.2.